The molecule has 0 aliphatic carbocycles. The number of nitrogens with two attached hydrogens (primary N) is 1. The summed E-state index contributed by atoms with van der Waals surface area (Å²) in [7, 11) is 0. The Morgan fingerprint density at radius 3 is 2.68 bits per heavy atom. The van der Waals surface area contributed by atoms with Gasteiger partial charge in [-0.1, -0.05) is 48.5 Å². The first-order chi connectivity index (χ1) is 12.3. The van der Waals surface area contributed by atoms with Crippen LogP contribution in [-0.4, -0.2) is 40.6 Å². The van der Waals surface area contributed by atoms with E-state index in [1.54, 1.807) is 0 Å². The molecule has 4 rings (SSSR count). The number of nitrogens with one attached hydrogen (secondary N) is 1. The first kappa shape index (κ1) is 15.8. The minimum Gasteiger partial charge on any atom is -0.341 e. The number of para-hydroxylation sites is 1. The summed E-state index contributed by atoms with van der Waals surface area (Å²) in [6.45, 7) is 2.05. The predicted octanol–water partition coefficient (Wildman–Crippen LogP) is 2.31. The molecule has 1 aromatic heterocycles. The molecule has 25 heavy (non-hydrogen) atoms. The maximum atomic E-state index is 12.8. The molecule has 1 aliphatic heterocycles. The zero-order valence-electron chi connectivity index (χ0n) is 14.1. The predicted molar refractivity (Wildman–Crippen MR) is 98.1 cm³/mol. The van der Waals surface area contributed by atoms with Gasteiger partial charge in [-0.05, 0) is 24.1 Å². The fourth-order valence-corrected chi connectivity index (χ4v) is 3.80. The number of amides is 1. The summed E-state index contributed by atoms with van der Waals surface area (Å²) in [6.07, 6.45) is 0.347. The summed E-state index contributed by atoms with van der Waals surface area (Å²) in [5, 5.41) is 8.31. The highest BCUT2D eigenvalue weighted by Gasteiger charge is 2.35. The van der Waals surface area contributed by atoms with Gasteiger partial charge in [0, 0.05) is 24.4 Å². The number of rotatable bonds is 4. The Balaban J connectivity index is 1.51. The van der Waals surface area contributed by atoms with Crippen molar-refractivity contribution in [1.29, 1.82) is 0 Å². The summed E-state index contributed by atoms with van der Waals surface area (Å²) < 4.78 is 0. The van der Waals surface area contributed by atoms with Crippen LogP contribution in [0.15, 0.2) is 54.6 Å². The second-order valence-corrected chi connectivity index (χ2v) is 6.71. The molecule has 2 aromatic carbocycles. The number of hydrogen-bond acceptors (Lipinski definition) is 3. The molecule has 1 saturated heterocycles. The van der Waals surface area contributed by atoms with Gasteiger partial charge in [0.25, 0.3) is 0 Å². The van der Waals surface area contributed by atoms with Crippen LogP contribution in [0.5, 0.6) is 0 Å². The number of nitrogens with zero attached hydrogens (tertiary/aromatic N) is 2. The van der Waals surface area contributed by atoms with Crippen molar-refractivity contribution in [1.82, 2.24) is 15.1 Å². The molecule has 5 heteroatoms. The normalized spacial score (nSPS) is 20.3. The van der Waals surface area contributed by atoms with Crippen LogP contribution in [0.4, 0.5) is 0 Å². The number of carbonyl (C=O) groups excluding carboxylic acids is 1. The van der Waals surface area contributed by atoms with Crippen LogP contribution in [0.2, 0.25) is 0 Å². The largest absolute Gasteiger partial charge is 0.341 e. The van der Waals surface area contributed by atoms with Crippen molar-refractivity contribution >= 4 is 16.8 Å². The molecule has 1 amide bonds. The third-order valence-corrected chi connectivity index (χ3v) is 5.19. The lowest BCUT2D eigenvalue weighted by molar-refractivity contribution is -0.129. The molecule has 0 spiro atoms. The average molecular weight is 334 g/mol. The molecule has 1 fully saturated rings. The highest BCUT2D eigenvalue weighted by atomic mass is 16.2. The molecular formula is C20H22N4O. The SMILES string of the molecule is NC[C@@H]1CN(C(=O)Cc2[nH]nc3ccccc23)C[C@H]1c1ccccc1. The fourth-order valence-electron chi connectivity index (χ4n) is 3.80. The van der Waals surface area contributed by atoms with Crippen LogP contribution in [0, 0.1) is 5.92 Å². The number of fused-ring (bicyclic) bond motifs is 1. The van der Waals surface area contributed by atoms with E-state index in [-0.39, 0.29) is 5.91 Å². The van der Waals surface area contributed by atoms with Crippen LogP contribution in [0.3, 0.4) is 0 Å². The first-order valence-electron chi connectivity index (χ1n) is 8.71. The average Bonchev–Trinajstić information content (AvgIpc) is 3.27. The minimum atomic E-state index is 0.131. The minimum absolute atomic E-state index is 0.131. The van der Waals surface area contributed by atoms with Crippen molar-refractivity contribution in [3.05, 3.63) is 65.9 Å². The van der Waals surface area contributed by atoms with Crippen molar-refractivity contribution in [3.8, 4) is 0 Å². The smallest absolute Gasteiger partial charge is 0.228 e. The highest BCUT2D eigenvalue weighted by Crippen LogP contribution is 2.32. The number of carbonyl (C=O) groups is 1. The van der Waals surface area contributed by atoms with E-state index in [0.29, 0.717) is 24.8 Å². The van der Waals surface area contributed by atoms with Gasteiger partial charge in [0.2, 0.25) is 5.91 Å². The topological polar surface area (TPSA) is 75.0 Å². The Bertz CT molecular complexity index is 874. The number of benzene rings is 2. The number of H-pyrrole nitrogens is 1. The number of aromatic amines is 1. The molecule has 3 N–H and O–H groups in total. The highest BCUT2D eigenvalue weighted by molar-refractivity contribution is 5.87. The first-order valence-corrected chi connectivity index (χ1v) is 8.71. The maximum absolute atomic E-state index is 12.8. The molecule has 0 bridgehead atoms. The van der Waals surface area contributed by atoms with Crippen LogP contribution in [0.25, 0.3) is 10.9 Å². The molecule has 0 saturated carbocycles. The third-order valence-electron chi connectivity index (χ3n) is 5.19. The Labute approximate surface area is 146 Å². The van der Waals surface area contributed by atoms with E-state index >= 15 is 0 Å². The maximum Gasteiger partial charge on any atom is 0.228 e. The van der Waals surface area contributed by atoms with E-state index in [4.69, 9.17) is 5.73 Å². The molecule has 0 unspecified atom stereocenters. The summed E-state index contributed by atoms with van der Waals surface area (Å²) >= 11 is 0. The van der Waals surface area contributed by atoms with Crippen molar-refractivity contribution in [2.45, 2.75) is 12.3 Å². The molecule has 128 valence electrons. The van der Waals surface area contributed by atoms with E-state index in [9.17, 15) is 4.79 Å². The Hall–Kier alpha value is -2.66. The molecular weight excluding hydrogens is 312 g/mol. The standard InChI is InChI=1S/C20H22N4O/c21-11-15-12-24(13-17(15)14-6-2-1-3-7-14)20(25)10-19-16-8-4-5-9-18(16)22-23-19/h1-9,15,17H,10-13,21H2,(H,22,23)/t15-,17+/m1/s1. The van der Waals surface area contributed by atoms with E-state index in [1.807, 2.05) is 47.4 Å². The molecule has 2 heterocycles. The second kappa shape index (κ2) is 6.69. The van der Waals surface area contributed by atoms with Crippen molar-refractivity contribution in [3.63, 3.8) is 0 Å². The van der Waals surface area contributed by atoms with E-state index in [2.05, 4.69) is 22.3 Å². The number of likely N-dealkylation sites (tertiary alicyclic amines) is 1. The van der Waals surface area contributed by atoms with Gasteiger partial charge in [-0.3, -0.25) is 9.89 Å². The van der Waals surface area contributed by atoms with E-state index in [1.165, 1.54) is 5.56 Å². The Kier molecular flexibility index (Phi) is 4.24. The molecule has 0 radical (unpaired) electrons. The van der Waals surface area contributed by atoms with Crippen molar-refractivity contribution < 1.29 is 4.79 Å². The second-order valence-electron chi connectivity index (χ2n) is 6.71. The zero-order valence-corrected chi connectivity index (χ0v) is 14.1. The number of aromatic nitrogens is 2. The van der Waals surface area contributed by atoms with Gasteiger partial charge in [-0.2, -0.15) is 5.10 Å². The van der Waals surface area contributed by atoms with E-state index < -0.39 is 0 Å². The summed E-state index contributed by atoms with van der Waals surface area (Å²) in [5.74, 6) is 0.754. The molecule has 5 nitrogen and oxygen atoms in total. The quantitative estimate of drug-likeness (QED) is 0.769. The summed E-state index contributed by atoms with van der Waals surface area (Å²) in [4.78, 5) is 14.8. The molecule has 2 atom stereocenters. The molecule has 1 aliphatic rings. The monoisotopic (exact) mass is 334 g/mol. The van der Waals surface area contributed by atoms with Gasteiger partial charge in [-0.25, -0.2) is 0 Å². The van der Waals surface area contributed by atoms with Gasteiger partial charge in [0.05, 0.1) is 17.6 Å². The Morgan fingerprint density at radius 1 is 1.12 bits per heavy atom. The van der Waals surface area contributed by atoms with Crippen LogP contribution < -0.4 is 5.73 Å². The van der Waals surface area contributed by atoms with Gasteiger partial charge >= 0.3 is 0 Å². The van der Waals surface area contributed by atoms with Crippen LogP contribution in [-0.2, 0) is 11.2 Å². The summed E-state index contributed by atoms with van der Waals surface area (Å²) in [6, 6.07) is 18.2. The third kappa shape index (κ3) is 3.03. The van der Waals surface area contributed by atoms with Gasteiger partial charge in [0.15, 0.2) is 0 Å². The lowest BCUT2D eigenvalue weighted by Gasteiger charge is -2.16. The van der Waals surface area contributed by atoms with E-state index in [0.717, 1.165) is 29.7 Å². The van der Waals surface area contributed by atoms with Crippen LogP contribution >= 0.6 is 0 Å². The van der Waals surface area contributed by atoms with Gasteiger partial charge < -0.3 is 10.6 Å². The Morgan fingerprint density at radius 2 is 1.88 bits per heavy atom. The van der Waals surface area contributed by atoms with Crippen molar-refractivity contribution in [2.24, 2.45) is 11.7 Å². The van der Waals surface area contributed by atoms with Gasteiger partial charge in [0.1, 0.15) is 0 Å². The van der Waals surface area contributed by atoms with Gasteiger partial charge in [-0.15, -0.1) is 0 Å². The van der Waals surface area contributed by atoms with Crippen molar-refractivity contribution in [2.75, 3.05) is 19.6 Å². The summed E-state index contributed by atoms with van der Waals surface area (Å²) in [5.41, 5.74) is 9.02. The molecule has 3 aromatic rings. The lowest BCUT2D eigenvalue weighted by Crippen LogP contribution is -2.31. The zero-order chi connectivity index (χ0) is 17.2. The number of hydrogen-bond donors (Lipinski definition) is 2. The fraction of sp³-hybridized carbons (Fsp3) is 0.300. The lowest BCUT2D eigenvalue weighted by atomic mass is 9.89. The van der Waals surface area contributed by atoms with Crippen LogP contribution in [0.1, 0.15) is 17.2 Å².